The SMILES string of the molecule is Cc1[nH]nc2[nH]c(=O)c(Br)cc12. The van der Waals surface area contributed by atoms with E-state index in [0.717, 1.165) is 11.1 Å². The van der Waals surface area contributed by atoms with Crippen LogP contribution < -0.4 is 5.56 Å². The maximum absolute atomic E-state index is 11.1. The number of nitrogens with zero attached hydrogens (tertiary/aromatic N) is 1. The molecule has 2 N–H and O–H groups in total. The van der Waals surface area contributed by atoms with Gasteiger partial charge in [-0.3, -0.25) is 9.89 Å². The van der Waals surface area contributed by atoms with Gasteiger partial charge in [-0.2, -0.15) is 5.10 Å². The van der Waals surface area contributed by atoms with Crippen LogP contribution in [0.5, 0.6) is 0 Å². The Bertz CT molecular complexity index is 485. The summed E-state index contributed by atoms with van der Waals surface area (Å²) in [5.41, 5.74) is 1.39. The van der Waals surface area contributed by atoms with Crippen LogP contribution in [0.1, 0.15) is 5.69 Å². The smallest absolute Gasteiger partial charge is 0.263 e. The van der Waals surface area contributed by atoms with Crippen molar-refractivity contribution in [1.29, 1.82) is 0 Å². The molecule has 0 atom stereocenters. The zero-order chi connectivity index (χ0) is 8.72. The van der Waals surface area contributed by atoms with Gasteiger partial charge in [0, 0.05) is 11.1 Å². The Morgan fingerprint density at radius 1 is 1.58 bits per heavy atom. The number of aryl methyl sites for hydroxylation is 1. The van der Waals surface area contributed by atoms with Gasteiger partial charge < -0.3 is 4.98 Å². The van der Waals surface area contributed by atoms with E-state index in [1.807, 2.05) is 6.92 Å². The van der Waals surface area contributed by atoms with Gasteiger partial charge in [-0.25, -0.2) is 0 Å². The van der Waals surface area contributed by atoms with Crippen LogP contribution in [0.15, 0.2) is 15.3 Å². The van der Waals surface area contributed by atoms with E-state index >= 15 is 0 Å². The number of hydrogen-bond donors (Lipinski definition) is 2. The molecule has 4 nitrogen and oxygen atoms in total. The van der Waals surface area contributed by atoms with Gasteiger partial charge in [0.1, 0.15) is 0 Å². The molecule has 0 spiro atoms. The highest BCUT2D eigenvalue weighted by molar-refractivity contribution is 9.10. The van der Waals surface area contributed by atoms with Crippen LogP contribution >= 0.6 is 15.9 Å². The van der Waals surface area contributed by atoms with E-state index in [9.17, 15) is 4.79 Å². The summed E-state index contributed by atoms with van der Waals surface area (Å²) < 4.78 is 0.527. The van der Waals surface area contributed by atoms with Gasteiger partial charge in [0.2, 0.25) is 0 Å². The second-order valence-corrected chi connectivity index (χ2v) is 3.41. The molecule has 0 aliphatic carbocycles. The summed E-state index contributed by atoms with van der Waals surface area (Å²) in [7, 11) is 0. The number of rotatable bonds is 0. The highest BCUT2D eigenvalue weighted by Crippen LogP contribution is 2.14. The monoisotopic (exact) mass is 227 g/mol. The van der Waals surface area contributed by atoms with Crippen molar-refractivity contribution >= 4 is 27.0 Å². The summed E-state index contributed by atoms with van der Waals surface area (Å²) in [6, 6.07) is 1.76. The van der Waals surface area contributed by atoms with Crippen molar-refractivity contribution in [3.63, 3.8) is 0 Å². The molecule has 5 heteroatoms. The molecule has 0 aliphatic heterocycles. The number of pyridine rings is 1. The van der Waals surface area contributed by atoms with Gasteiger partial charge in [0.05, 0.1) is 4.47 Å². The first-order valence-corrected chi connectivity index (χ1v) is 4.21. The predicted octanol–water partition coefficient (Wildman–Crippen LogP) is 1.32. The molecule has 0 aromatic carbocycles. The molecule has 0 radical (unpaired) electrons. The Kier molecular flexibility index (Phi) is 1.54. The van der Waals surface area contributed by atoms with Crippen molar-refractivity contribution in [3.05, 3.63) is 26.6 Å². The van der Waals surface area contributed by atoms with Gasteiger partial charge in [-0.15, -0.1) is 0 Å². The van der Waals surface area contributed by atoms with Crippen molar-refractivity contribution in [2.45, 2.75) is 6.92 Å². The van der Waals surface area contributed by atoms with Crippen LogP contribution in [0.3, 0.4) is 0 Å². The minimum absolute atomic E-state index is 0.158. The molecule has 0 bridgehead atoms. The molecule has 0 saturated carbocycles. The molecular formula is C7H6BrN3O. The minimum Gasteiger partial charge on any atom is -0.304 e. The maximum Gasteiger partial charge on any atom is 0.263 e. The summed E-state index contributed by atoms with van der Waals surface area (Å²) in [6.45, 7) is 1.90. The van der Waals surface area contributed by atoms with E-state index in [1.54, 1.807) is 6.07 Å². The fourth-order valence-electron chi connectivity index (χ4n) is 1.07. The molecule has 0 amide bonds. The quantitative estimate of drug-likeness (QED) is 0.714. The summed E-state index contributed by atoms with van der Waals surface area (Å²) >= 11 is 3.15. The molecule has 0 unspecified atom stereocenters. The molecule has 62 valence electrons. The standard InChI is InChI=1S/C7H6BrN3O/c1-3-4-2-5(8)7(12)9-6(4)11-10-3/h2H,1H3,(H2,9,10,11,12). The average Bonchev–Trinajstić information content (AvgIpc) is 2.35. The number of fused-ring (bicyclic) bond motifs is 1. The van der Waals surface area contributed by atoms with Crippen LogP contribution in [0.25, 0.3) is 11.0 Å². The Hall–Kier alpha value is -1.10. The Morgan fingerprint density at radius 3 is 3.08 bits per heavy atom. The number of aromatic nitrogens is 3. The molecular weight excluding hydrogens is 222 g/mol. The van der Waals surface area contributed by atoms with Crippen LogP contribution in [0.2, 0.25) is 0 Å². The third kappa shape index (κ3) is 0.972. The van der Waals surface area contributed by atoms with Crippen LogP contribution in [0.4, 0.5) is 0 Å². The van der Waals surface area contributed by atoms with Gasteiger partial charge in [-0.1, -0.05) is 0 Å². The van der Waals surface area contributed by atoms with Crippen molar-refractivity contribution in [1.82, 2.24) is 15.2 Å². The molecule has 2 aromatic rings. The van der Waals surface area contributed by atoms with Gasteiger partial charge in [-0.05, 0) is 28.9 Å². The van der Waals surface area contributed by atoms with Gasteiger partial charge in [0.15, 0.2) is 5.65 Å². The van der Waals surface area contributed by atoms with Crippen LogP contribution in [-0.4, -0.2) is 15.2 Å². The van der Waals surface area contributed by atoms with Gasteiger partial charge in [0.25, 0.3) is 5.56 Å². The molecule has 0 fully saturated rings. The van der Waals surface area contributed by atoms with E-state index < -0.39 is 0 Å². The van der Waals surface area contributed by atoms with Crippen molar-refractivity contribution in [2.24, 2.45) is 0 Å². The number of halogens is 1. The van der Waals surface area contributed by atoms with Gasteiger partial charge >= 0.3 is 0 Å². The third-order valence-corrected chi connectivity index (χ3v) is 2.30. The highest BCUT2D eigenvalue weighted by atomic mass is 79.9. The molecule has 0 saturated heterocycles. The Morgan fingerprint density at radius 2 is 2.33 bits per heavy atom. The van der Waals surface area contributed by atoms with E-state index in [4.69, 9.17) is 0 Å². The lowest BCUT2D eigenvalue weighted by atomic mass is 10.3. The highest BCUT2D eigenvalue weighted by Gasteiger charge is 2.03. The van der Waals surface area contributed by atoms with Crippen molar-refractivity contribution in [3.8, 4) is 0 Å². The number of nitrogens with one attached hydrogen (secondary N) is 2. The van der Waals surface area contributed by atoms with Crippen molar-refractivity contribution < 1.29 is 0 Å². The molecule has 12 heavy (non-hydrogen) atoms. The molecule has 2 heterocycles. The van der Waals surface area contributed by atoms with E-state index in [2.05, 4.69) is 31.1 Å². The lowest BCUT2D eigenvalue weighted by Gasteiger charge is -1.89. The number of aromatic amines is 2. The zero-order valence-electron chi connectivity index (χ0n) is 6.31. The molecule has 0 aliphatic rings. The first-order chi connectivity index (χ1) is 5.68. The third-order valence-electron chi connectivity index (χ3n) is 1.71. The van der Waals surface area contributed by atoms with E-state index in [1.165, 1.54) is 0 Å². The summed E-state index contributed by atoms with van der Waals surface area (Å²) in [4.78, 5) is 13.7. The number of hydrogen-bond acceptors (Lipinski definition) is 2. The predicted molar refractivity (Wildman–Crippen MR) is 49.2 cm³/mol. The molecule has 2 aromatic heterocycles. The van der Waals surface area contributed by atoms with Crippen LogP contribution in [-0.2, 0) is 0 Å². The fourth-order valence-corrected chi connectivity index (χ4v) is 1.40. The fraction of sp³-hybridized carbons (Fsp3) is 0.143. The van der Waals surface area contributed by atoms with Crippen LogP contribution in [0, 0.1) is 6.92 Å². The second-order valence-electron chi connectivity index (χ2n) is 2.56. The summed E-state index contributed by atoms with van der Waals surface area (Å²) in [6.07, 6.45) is 0. The zero-order valence-corrected chi connectivity index (χ0v) is 7.90. The summed E-state index contributed by atoms with van der Waals surface area (Å²) in [5, 5.41) is 7.64. The second kappa shape index (κ2) is 2.45. The molecule has 2 rings (SSSR count). The average molecular weight is 228 g/mol. The maximum atomic E-state index is 11.1. The Balaban J connectivity index is 2.97. The van der Waals surface area contributed by atoms with E-state index in [-0.39, 0.29) is 5.56 Å². The number of H-pyrrole nitrogens is 2. The first-order valence-electron chi connectivity index (χ1n) is 3.42. The van der Waals surface area contributed by atoms with E-state index in [0.29, 0.717) is 10.1 Å². The lowest BCUT2D eigenvalue weighted by molar-refractivity contribution is 1.05. The first kappa shape index (κ1) is 7.54. The Labute approximate surface area is 76.1 Å². The lowest BCUT2D eigenvalue weighted by Crippen LogP contribution is -2.05. The normalized spacial score (nSPS) is 10.8. The van der Waals surface area contributed by atoms with Crippen molar-refractivity contribution in [2.75, 3.05) is 0 Å². The summed E-state index contributed by atoms with van der Waals surface area (Å²) in [5.74, 6) is 0. The minimum atomic E-state index is -0.158. The largest absolute Gasteiger partial charge is 0.304 e. The topological polar surface area (TPSA) is 61.5 Å².